The fraction of sp³-hybridized carbons (Fsp3) is 0.429. The molecule has 0 aliphatic rings. The second-order valence-electron chi connectivity index (χ2n) is 5.48. The maximum absolute atomic E-state index is 12.2. The van der Waals surface area contributed by atoms with E-state index < -0.39 is 35.9 Å². The summed E-state index contributed by atoms with van der Waals surface area (Å²) in [6.45, 7) is 4.70. The van der Waals surface area contributed by atoms with Gasteiger partial charge in [-0.15, -0.1) is 13.2 Å². The molecule has 1 atom stereocenters. The van der Waals surface area contributed by atoms with Gasteiger partial charge in [0.15, 0.2) is 0 Å². The molecule has 0 saturated heterocycles. The molecule has 0 aliphatic carbocycles. The number of benzene rings is 1. The zero-order valence-electron chi connectivity index (χ0n) is 12.6. The molecule has 0 bridgehead atoms. The van der Waals surface area contributed by atoms with E-state index in [1.807, 2.05) is 0 Å². The van der Waals surface area contributed by atoms with Crippen LogP contribution in [0.3, 0.4) is 0 Å². The zero-order chi connectivity index (χ0) is 17.8. The monoisotopic (exact) mass is 335 g/mol. The smallest absolute Gasteiger partial charge is 0.428 e. The summed E-state index contributed by atoms with van der Waals surface area (Å²) in [7, 11) is 0. The third kappa shape index (κ3) is 7.00. The molecule has 0 heterocycles. The van der Waals surface area contributed by atoms with E-state index in [0.717, 1.165) is 12.1 Å². The number of rotatable bonds is 3. The molecule has 0 amide bonds. The molecule has 1 aromatic carbocycles. The Kier molecular flexibility index (Phi) is 5.60. The van der Waals surface area contributed by atoms with E-state index in [0.29, 0.717) is 0 Å². The summed E-state index contributed by atoms with van der Waals surface area (Å²) < 4.78 is 49.4. The summed E-state index contributed by atoms with van der Waals surface area (Å²) in [6.07, 6.45) is -6.12. The number of carbonyl (C=O) groups is 2. The first-order valence-electron chi connectivity index (χ1n) is 6.43. The molecule has 0 spiro atoms. The van der Waals surface area contributed by atoms with Gasteiger partial charge in [-0.2, -0.15) is 0 Å². The quantitative estimate of drug-likeness (QED) is 0.675. The van der Waals surface area contributed by atoms with Gasteiger partial charge in [-0.3, -0.25) is 0 Å². The molecule has 0 fully saturated rings. The van der Waals surface area contributed by atoms with Gasteiger partial charge in [0.25, 0.3) is 0 Å². The summed E-state index contributed by atoms with van der Waals surface area (Å²) in [5, 5.41) is 0. The Balaban J connectivity index is 2.77. The van der Waals surface area contributed by atoms with Gasteiger partial charge in [0.05, 0.1) is 0 Å². The van der Waals surface area contributed by atoms with Gasteiger partial charge in [-0.25, -0.2) is 9.59 Å². The van der Waals surface area contributed by atoms with E-state index in [1.54, 1.807) is 20.8 Å². The van der Waals surface area contributed by atoms with E-state index >= 15 is 0 Å². The van der Waals surface area contributed by atoms with Crippen molar-refractivity contribution in [2.24, 2.45) is 5.73 Å². The van der Waals surface area contributed by atoms with Gasteiger partial charge in [-0.05, 0) is 38.5 Å². The number of esters is 1. The summed E-state index contributed by atoms with van der Waals surface area (Å²) in [4.78, 5) is 23.1. The maximum atomic E-state index is 12.2. The van der Waals surface area contributed by atoms with E-state index in [2.05, 4.69) is 9.47 Å². The largest absolute Gasteiger partial charge is 0.573 e. The zero-order valence-corrected chi connectivity index (χ0v) is 12.6. The van der Waals surface area contributed by atoms with Crippen LogP contribution in [0, 0.1) is 0 Å². The minimum absolute atomic E-state index is 0.0136. The molecular formula is C14H16F3NO5. The average molecular weight is 335 g/mol. The van der Waals surface area contributed by atoms with E-state index in [1.165, 1.54) is 12.1 Å². The Bertz CT molecular complexity index is 581. The van der Waals surface area contributed by atoms with E-state index in [4.69, 9.17) is 10.5 Å². The molecule has 9 heteroatoms. The van der Waals surface area contributed by atoms with Crippen molar-refractivity contribution in [3.63, 3.8) is 0 Å². The average Bonchev–Trinajstić information content (AvgIpc) is 2.33. The molecule has 0 saturated carbocycles. The van der Waals surface area contributed by atoms with Crippen molar-refractivity contribution in [2.45, 2.75) is 38.8 Å². The highest BCUT2D eigenvalue weighted by Gasteiger charge is 2.31. The predicted molar refractivity (Wildman–Crippen MR) is 72.4 cm³/mol. The minimum Gasteiger partial charge on any atom is -0.428 e. The molecular weight excluding hydrogens is 319 g/mol. The number of ether oxygens (including phenoxy) is 3. The first-order valence-corrected chi connectivity index (χ1v) is 6.43. The molecule has 23 heavy (non-hydrogen) atoms. The Morgan fingerprint density at radius 3 is 2.30 bits per heavy atom. The Morgan fingerprint density at radius 1 is 1.17 bits per heavy atom. The maximum Gasteiger partial charge on any atom is 0.573 e. The highest BCUT2D eigenvalue weighted by Crippen LogP contribution is 2.25. The molecule has 1 unspecified atom stereocenters. The Hall–Kier alpha value is -2.29. The lowest BCUT2D eigenvalue weighted by molar-refractivity contribution is -0.274. The molecule has 0 radical (unpaired) electrons. The van der Waals surface area contributed by atoms with Crippen molar-refractivity contribution in [1.82, 2.24) is 0 Å². The highest BCUT2D eigenvalue weighted by atomic mass is 19.4. The van der Waals surface area contributed by atoms with Crippen LogP contribution in [-0.2, 0) is 14.3 Å². The standard InChI is InChI=1S/C14H16F3NO5/c1-13(2,3)23-12(20)21-11(19)10(18)8-5-4-6-9(7-8)22-14(15,16)17/h4-7,10H,18H2,1-3H3. The van der Waals surface area contributed by atoms with Gasteiger partial charge < -0.3 is 19.9 Å². The van der Waals surface area contributed by atoms with Crippen LogP contribution in [-0.4, -0.2) is 24.1 Å². The molecule has 1 aromatic rings. The van der Waals surface area contributed by atoms with Crippen molar-refractivity contribution >= 4 is 12.1 Å². The third-order valence-corrected chi connectivity index (χ3v) is 2.28. The number of hydrogen-bond acceptors (Lipinski definition) is 6. The fourth-order valence-electron chi connectivity index (χ4n) is 1.46. The molecule has 0 aliphatic heterocycles. The number of hydrogen-bond donors (Lipinski definition) is 1. The van der Waals surface area contributed by atoms with Gasteiger partial charge in [0.2, 0.25) is 0 Å². The van der Waals surface area contributed by atoms with Gasteiger partial charge in [0.1, 0.15) is 17.4 Å². The van der Waals surface area contributed by atoms with Crippen LogP contribution in [0.1, 0.15) is 32.4 Å². The van der Waals surface area contributed by atoms with Crippen LogP contribution in [0.25, 0.3) is 0 Å². The van der Waals surface area contributed by atoms with Crippen molar-refractivity contribution in [1.29, 1.82) is 0 Å². The van der Waals surface area contributed by atoms with Gasteiger partial charge in [0, 0.05) is 0 Å². The SMILES string of the molecule is CC(C)(C)OC(=O)OC(=O)C(N)c1cccc(OC(F)(F)F)c1. The van der Waals surface area contributed by atoms with Gasteiger partial charge in [-0.1, -0.05) is 12.1 Å². The van der Waals surface area contributed by atoms with E-state index in [-0.39, 0.29) is 5.56 Å². The summed E-state index contributed by atoms with van der Waals surface area (Å²) in [6, 6.07) is 3.01. The molecule has 128 valence electrons. The van der Waals surface area contributed by atoms with Crippen molar-refractivity contribution < 1.29 is 37.0 Å². The topological polar surface area (TPSA) is 87.9 Å². The van der Waals surface area contributed by atoms with Crippen LogP contribution in [0.2, 0.25) is 0 Å². The lowest BCUT2D eigenvalue weighted by Crippen LogP contribution is -2.30. The van der Waals surface area contributed by atoms with Crippen molar-refractivity contribution in [3.05, 3.63) is 29.8 Å². The second kappa shape index (κ2) is 6.86. The summed E-state index contributed by atoms with van der Waals surface area (Å²) in [5.41, 5.74) is 4.68. The summed E-state index contributed by atoms with van der Waals surface area (Å²) >= 11 is 0. The number of halogens is 3. The van der Waals surface area contributed by atoms with Crippen LogP contribution in [0.15, 0.2) is 24.3 Å². The Morgan fingerprint density at radius 2 is 1.78 bits per heavy atom. The summed E-state index contributed by atoms with van der Waals surface area (Å²) in [5.74, 6) is -1.71. The van der Waals surface area contributed by atoms with Crippen LogP contribution in [0.4, 0.5) is 18.0 Å². The third-order valence-electron chi connectivity index (χ3n) is 2.28. The first-order chi connectivity index (χ1) is 10.4. The second-order valence-corrected chi connectivity index (χ2v) is 5.48. The highest BCUT2D eigenvalue weighted by molar-refractivity contribution is 5.86. The molecule has 0 aromatic heterocycles. The van der Waals surface area contributed by atoms with Crippen LogP contribution in [0.5, 0.6) is 5.75 Å². The number of nitrogens with two attached hydrogens (primary N) is 1. The fourth-order valence-corrected chi connectivity index (χ4v) is 1.46. The van der Waals surface area contributed by atoms with Crippen LogP contribution >= 0.6 is 0 Å². The first kappa shape index (κ1) is 18.8. The minimum atomic E-state index is -4.88. The van der Waals surface area contributed by atoms with Crippen LogP contribution < -0.4 is 10.5 Å². The molecule has 2 N–H and O–H groups in total. The number of alkyl halides is 3. The van der Waals surface area contributed by atoms with Gasteiger partial charge >= 0.3 is 18.5 Å². The predicted octanol–water partition coefficient (Wildman–Crippen LogP) is 3.06. The Labute approximate surface area is 130 Å². The van der Waals surface area contributed by atoms with E-state index in [9.17, 15) is 22.8 Å². The van der Waals surface area contributed by atoms with Crippen molar-refractivity contribution in [3.8, 4) is 5.75 Å². The van der Waals surface area contributed by atoms with Crippen molar-refractivity contribution in [2.75, 3.05) is 0 Å². The number of carbonyl (C=O) groups excluding carboxylic acids is 2. The lowest BCUT2D eigenvalue weighted by atomic mass is 10.1. The lowest BCUT2D eigenvalue weighted by Gasteiger charge is -2.19. The molecule has 1 rings (SSSR count). The normalized spacial score (nSPS) is 13.2. The molecule has 6 nitrogen and oxygen atoms in total.